The van der Waals surface area contributed by atoms with Crippen LogP contribution in [0.25, 0.3) is 71.7 Å². The lowest BCUT2D eigenvalue weighted by Gasteiger charge is -2.26. The summed E-state index contributed by atoms with van der Waals surface area (Å²) in [5.74, 6) is 0. The van der Waals surface area contributed by atoms with Crippen molar-refractivity contribution in [1.29, 1.82) is 0 Å². The summed E-state index contributed by atoms with van der Waals surface area (Å²) in [6.45, 7) is 0. The largest absolute Gasteiger partial charge is 0.456 e. The molecule has 2 aromatic heterocycles. The van der Waals surface area contributed by atoms with Crippen molar-refractivity contribution in [3.05, 3.63) is 249 Å². The summed E-state index contributed by atoms with van der Waals surface area (Å²) in [6, 6.07) is 88.8. The van der Waals surface area contributed by atoms with Crippen molar-refractivity contribution in [2.75, 3.05) is 9.80 Å². The molecule has 0 saturated heterocycles. The highest BCUT2D eigenvalue weighted by atomic mass is 16.3. The van der Waals surface area contributed by atoms with Gasteiger partial charge in [-0.05, 0) is 131 Å². The summed E-state index contributed by atoms with van der Waals surface area (Å²) < 4.78 is 8.70. The molecule has 0 saturated carbocycles. The Labute approximate surface area is 371 Å². The first-order valence-electron chi connectivity index (χ1n) is 21.7. The van der Waals surface area contributed by atoms with Crippen LogP contribution in [-0.4, -0.2) is 4.57 Å². The van der Waals surface area contributed by atoms with Gasteiger partial charge in [-0.1, -0.05) is 133 Å². The molecule has 0 spiro atoms. The molecular weight excluding hydrogens is 779 g/mol. The van der Waals surface area contributed by atoms with Gasteiger partial charge in [0.25, 0.3) is 0 Å². The highest BCUT2D eigenvalue weighted by Crippen LogP contribution is 2.43. The standard InChI is InChI=1S/C60H41N3O/c1-5-15-42(16-6-1)45-29-37-57-55(39-45)56-40-51(35-38-58(56)63(57)48-21-11-4-12-22-48)61(46-17-7-2-8-18-46)49-30-25-43(26-31-49)44-27-32-50(33-28-44)62(47-19-9-3-10-20-47)52-34-36-54-53-23-13-14-24-59(53)64-60(54)41-52/h1-41H. The summed E-state index contributed by atoms with van der Waals surface area (Å²) in [6.07, 6.45) is 0. The van der Waals surface area contributed by atoms with Gasteiger partial charge in [0.1, 0.15) is 11.2 Å². The molecule has 0 bridgehead atoms. The maximum absolute atomic E-state index is 6.32. The van der Waals surface area contributed by atoms with E-state index in [0.29, 0.717) is 0 Å². The molecule has 12 aromatic rings. The van der Waals surface area contributed by atoms with E-state index >= 15 is 0 Å². The van der Waals surface area contributed by atoms with E-state index in [1.165, 1.54) is 32.9 Å². The normalized spacial score (nSPS) is 11.4. The van der Waals surface area contributed by atoms with Crippen molar-refractivity contribution in [1.82, 2.24) is 4.57 Å². The number of para-hydroxylation sites is 4. The molecule has 0 aliphatic rings. The Morgan fingerprint density at radius 2 is 0.688 bits per heavy atom. The molecule has 4 heteroatoms. The fraction of sp³-hybridized carbons (Fsp3) is 0. The van der Waals surface area contributed by atoms with E-state index in [1.54, 1.807) is 0 Å². The van der Waals surface area contributed by atoms with Crippen molar-refractivity contribution in [3.8, 4) is 27.9 Å². The van der Waals surface area contributed by atoms with Gasteiger partial charge in [-0.25, -0.2) is 0 Å². The van der Waals surface area contributed by atoms with Crippen molar-refractivity contribution >= 4 is 77.9 Å². The summed E-state index contributed by atoms with van der Waals surface area (Å²) in [4.78, 5) is 4.64. The number of nitrogens with zero attached hydrogens (tertiary/aromatic N) is 3. The van der Waals surface area contributed by atoms with Gasteiger partial charge in [-0.3, -0.25) is 0 Å². The molecule has 0 fully saturated rings. The average molecular weight is 820 g/mol. The zero-order valence-electron chi connectivity index (χ0n) is 34.9. The van der Waals surface area contributed by atoms with Crippen molar-refractivity contribution < 1.29 is 4.42 Å². The van der Waals surface area contributed by atoms with Gasteiger partial charge >= 0.3 is 0 Å². The summed E-state index contributed by atoms with van der Waals surface area (Å²) in [5.41, 5.74) is 16.4. The second-order valence-corrected chi connectivity index (χ2v) is 16.2. The van der Waals surface area contributed by atoms with Gasteiger partial charge in [0.15, 0.2) is 0 Å². The van der Waals surface area contributed by atoms with Crippen LogP contribution in [0.15, 0.2) is 253 Å². The molecular formula is C60H41N3O. The number of aromatic nitrogens is 1. The topological polar surface area (TPSA) is 24.6 Å². The molecule has 12 rings (SSSR count). The van der Waals surface area contributed by atoms with E-state index in [-0.39, 0.29) is 0 Å². The summed E-state index contributed by atoms with van der Waals surface area (Å²) in [5, 5.41) is 4.66. The summed E-state index contributed by atoms with van der Waals surface area (Å²) in [7, 11) is 0. The van der Waals surface area contributed by atoms with Gasteiger partial charge in [0, 0.05) is 67.4 Å². The summed E-state index contributed by atoms with van der Waals surface area (Å²) >= 11 is 0. The predicted molar refractivity (Wildman–Crippen MR) is 268 cm³/mol. The van der Waals surface area contributed by atoms with Gasteiger partial charge in [0.2, 0.25) is 0 Å². The lowest BCUT2D eigenvalue weighted by Crippen LogP contribution is -2.10. The van der Waals surface area contributed by atoms with E-state index in [9.17, 15) is 0 Å². The van der Waals surface area contributed by atoms with E-state index in [2.05, 4.69) is 251 Å². The van der Waals surface area contributed by atoms with E-state index in [1.807, 2.05) is 12.1 Å². The van der Waals surface area contributed by atoms with Crippen LogP contribution < -0.4 is 9.80 Å². The van der Waals surface area contributed by atoms with E-state index in [4.69, 9.17) is 4.42 Å². The first-order valence-corrected chi connectivity index (χ1v) is 21.7. The first-order chi connectivity index (χ1) is 31.7. The van der Waals surface area contributed by atoms with Crippen LogP contribution in [0.1, 0.15) is 0 Å². The lowest BCUT2D eigenvalue weighted by molar-refractivity contribution is 0.669. The van der Waals surface area contributed by atoms with Crippen LogP contribution in [-0.2, 0) is 0 Å². The lowest BCUT2D eigenvalue weighted by atomic mass is 10.0. The number of rotatable bonds is 9. The molecule has 0 atom stereocenters. The second kappa shape index (κ2) is 15.7. The predicted octanol–water partition coefficient (Wildman–Crippen LogP) is 17.0. The van der Waals surface area contributed by atoms with Crippen LogP contribution in [0.5, 0.6) is 0 Å². The minimum Gasteiger partial charge on any atom is -0.456 e. The zero-order chi connectivity index (χ0) is 42.4. The van der Waals surface area contributed by atoms with Gasteiger partial charge < -0.3 is 18.8 Å². The number of hydrogen-bond acceptors (Lipinski definition) is 3. The minimum absolute atomic E-state index is 0.872. The Morgan fingerprint density at radius 3 is 1.31 bits per heavy atom. The smallest absolute Gasteiger partial charge is 0.137 e. The molecule has 0 amide bonds. The molecule has 0 N–H and O–H groups in total. The molecule has 4 nitrogen and oxygen atoms in total. The SMILES string of the molecule is c1ccc(-c2ccc3c(c2)c2cc(N(c4ccccc4)c4ccc(-c5ccc(N(c6ccccc6)c6ccc7c(c6)oc6ccccc67)cc5)cc4)ccc2n3-c2ccccc2)cc1. The fourth-order valence-electron chi connectivity index (χ4n) is 9.32. The molecule has 10 aromatic carbocycles. The van der Waals surface area contributed by atoms with Crippen molar-refractivity contribution in [2.45, 2.75) is 0 Å². The third kappa shape index (κ3) is 6.57. The minimum atomic E-state index is 0.872. The maximum Gasteiger partial charge on any atom is 0.137 e. The Morgan fingerprint density at radius 1 is 0.266 bits per heavy atom. The number of fused-ring (bicyclic) bond motifs is 6. The van der Waals surface area contributed by atoms with Gasteiger partial charge in [-0.15, -0.1) is 0 Å². The highest BCUT2D eigenvalue weighted by Gasteiger charge is 2.19. The Kier molecular flexibility index (Phi) is 9.12. The highest BCUT2D eigenvalue weighted by molar-refractivity contribution is 6.12. The molecule has 2 heterocycles. The number of furan rings is 1. The van der Waals surface area contributed by atoms with Crippen LogP contribution in [0.3, 0.4) is 0 Å². The number of benzene rings is 10. The molecule has 0 aliphatic heterocycles. The molecule has 0 aliphatic carbocycles. The molecule has 0 unspecified atom stereocenters. The third-order valence-electron chi connectivity index (χ3n) is 12.4. The Bertz CT molecular complexity index is 3580. The van der Waals surface area contributed by atoms with E-state index in [0.717, 1.165) is 72.9 Å². The first kappa shape index (κ1) is 37.2. The van der Waals surface area contributed by atoms with Crippen molar-refractivity contribution in [2.24, 2.45) is 0 Å². The monoisotopic (exact) mass is 819 g/mol. The third-order valence-corrected chi connectivity index (χ3v) is 12.4. The second-order valence-electron chi connectivity index (χ2n) is 16.2. The van der Waals surface area contributed by atoms with Crippen LogP contribution in [0.4, 0.5) is 34.1 Å². The maximum atomic E-state index is 6.32. The van der Waals surface area contributed by atoms with E-state index < -0.39 is 0 Å². The Hall–Kier alpha value is -8.60. The number of anilines is 6. The molecule has 0 radical (unpaired) electrons. The number of hydrogen-bond donors (Lipinski definition) is 0. The molecule has 64 heavy (non-hydrogen) atoms. The zero-order valence-corrected chi connectivity index (χ0v) is 34.9. The van der Waals surface area contributed by atoms with Crippen LogP contribution in [0, 0.1) is 0 Å². The fourth-order valence-corrected chi connectivity index (χ4v) is 9.32. The quantitative estimate of drug-likeness (QED) is 0.145. The average Bonchev–Trinajstić information content (AvgIpc) is 3.90. The Balaban J connectivity index is 0.914. The van der Waals surface area contributed by atoms with Gasteiger partial charge in [-0.2, -0.15) is 0 Å². The van der Waals surface area contributed by atoms with Crippen LogP contribution >= 0.6 is 0 Å². The van der Waals surface area contributed by atoms with Crippen LogP contribution in [0.2, 0.25) is 0 Å². The van der Waals surface area contributed by atoms with Crippen molar-refractivity contribution in [3.63, 3.8) is 0 Å². The van der Waals surface area contributed by atoms with Gasteiger partial charge in [0.05, 0.1) is 11.0 Å². The molecule has 302 valence electrons.